The van der Waals surface area contributed by atoms with Crippen molar-refractivity contribution in [2.24, 2.45) is 0 Å². The fourth-order valence-electron chi connectivity index (χ4n) is 3.66. The predicted molar refractivity (Wildman–Crippen MR) is 145 cm³/mol. The van der Waals surface area contributed by atoms with E-state index in [-0.39, 0.29) is 6.03 Å². The summed E-state index contributed by atoms with van der Waals surface area (Å²) < 4.78 is 0. The van der Waals surface area contributed by atoms with Crippen LogP contribution in [0.1, 0.15) is 0 Å². The summed E-state index contributed by atoms with van der Waals surface area (Å²) in [5, 5.41) is 7.37. The minimum Gasteiger partial charge on any atom is -0.369 e. The van der Waals surface area contributed by atoms with Crippen LogP contribution in [0.2, 0.25) is 5.02 Å². The van der Waals surface area contributed by atoms with Crippen LogP contribution in [0, 0.1) is 0 Å². The first-order valence-corrected chi connectivity index (χ1v) is 12.2. The number of halogens is 3. The highest BCUT2D eigenvalue weighted by atomic mass is 35.5. The Morgan fingerprint density at radius 2 is 1.53 bits per heavy atom. The molecule has 0 unspecified atom stereocenters. The summed E-state index contributed by atoms with van der Waals surface area (Å²) in [6.07, 6.45) is 0. The zero-order valence-electron chi connectivity index (χ0n) is 18.3. The number of rotatable bonds is 8. The van der Waals surface area contributed by atoms with Gasteiger partial charge in [0.1, 0.15) is 0 Å². The molecular formula is C26H23Cl3N4O. The molecule has 0 aliphatic carbocycles. The maximum atomic E-state index is 12.8. The number of benzene rings is 3. The Kier molecular flexibility index (Phi) is 8.12. The predicted octanol–water partition coefficient (Wildman–Crippen LogP) is 7.48. The third-order valence-electron chi connectivity index (χ3n) is 5.30. The fraction of sp³-hybridized carbons (Fsp3) is 0.154. The van der Waals surface area contributed by atoms with Gasteiger partial charge in [-0.15, -0.1) is 23.2 Å². The van der Waals surface area contributed by atoms with E-state index in [1.807, 2.05) is 78.9 Å². The van der Waals surface area contributed by atoms with Crippen molar-refractivity contribution in [2.75, 3.05) is 40.4 Å². The molecule has 1 heterocycles. The monoisotopic (exact) mass is 512 g/mol. The second-order valence-corrected chi connectivity index (χ2v) is 8.76. The van der Waals surface area contributed by atoms with Gasteiger partial charge >= 0.3 is 6.03 Å². The average molecular weight is 514 g/mol. The fourth-order valence-corrected chi connectivity index (χ4v) is 4.20. The molecule has 2 N–H and O–H groups in total. The number of nitrogens with one attached hydrogen (secondary N) is 2. The lowest BCUT2D eigenvalue weighted by atomic mass is 10.1. The van der Waals surface area contributed by atoms with Crippen LogP contribution < -0.4 is 15.5 Å². The number of para-hydroxylation sites is 1. The highest BCUT2D eigenvalue weighted by Crippen LogP contribution is 2.29. The quantitative estimate of drug-likeness (QED) is 0.240. The van der Waals surface area contributed by atoms with E-state index in [0.29, 0.717) is 41.2 Å². The summed E-state index contributed by atoms with van der Waals surface area (Å²) in [6.45, 7) is 1.40. The molecule has 0 atom stereocenters. The molecule has 8 heteroatoms. The van der Waals surface area contributed by atoms with Crippen molar-refractivity contribution >= 4 is 68.8 Å². The van der Waals surface area contributed by atoms with E-state index in [2.05, 4.69) is 15.5 Å². The Morgan fingerprint density at radius 3 is 2.21 bits per heavy atom. The van der Waals surface area contributed by atoms with Crippen molar-refractivity contribution in [3.05, 3.63) is 83.9 Å². The van der Waals surface area contributed by atoms with Gasteiger partial charge in [-0.1, -0.05) is 41.9 Å². The van der Waals surface area contributed by atoms with Gasteiger partial charge in [-0.25, -0.2) is 9.78 Å². The normalized spacial score (nSPS) is 10.8. The molecule has 0 radical (unpaired) electrons. The molecular weight excluding hydrogens is 491 g/mol. The maximum Gasteiger partial charge on any atom is 0.323 e. The number of urea groups is 1. The largest absolute Gasteiger partial charge is 0.369 e. The molecule has 0 spiro atoms. The first-order chi connectivity index (χ1) is 16.6. The number of hydrogen-bond acceptors (Lipinski definition) is 3. The zero-order valence-corrected chi connectivity index (χ0v) is 20.5. The Morgan fingerprint density at radius 1 is 0.853 bits per heavy atom. The standard InChI is InChI=1S/C26H23Cl3N4O/c27-13-15-33(16-14-28)21-11-9-20(10-12-21)30-26(34)32-25-17-24(18-5-7-19(29)8-6-18)31-23-4-2-1-3-22(23)25/h1-12,17H,13-16H2,(H2,30,31,32,34). The number of carbonyl (C=O) groups is 1. The van der Waals surface area contributed by atoms with E-state index < -0.39 is 0 Å². The first-order valence-electron chi connectivity index (χ1n) is 10.8. The van der Waals surface area contributed by atoms with Crippen LogP contribution in [0.25, 0.3) is 22.2 Å². The van der Waals surface area contributed by atoms with E-state index in [9.17, 15) is 4.79 Å². The third-order valence-corrected chi connectivity index (χ3v) is 5.89. The van der Waals surface area contributed by atoms with Crippen molar-refractivity contribution in [3.63, 3.8) is 0 Å². The first kappa shape index (κ1) is 24.1. The number of hydrogen-bond donors (Lipinski definition) is 2. The van der Waals surface area contributed by atoms with E-state index in [1.54, 1.807) is 0 Å². The molecule has 34 heavy (non-hydrogen) atoms. The van der Waals surface area contributed by atoms with Gasteiger partial charge in [0, 0.05) is 52.2 Å². The van der Waals surface area contributed by atoms with Gasteiger partial charge in [0.2, 0.25) is 0 Å². The second kappa shape index (κ2) is 11.4. The SMILES string of the molecule is O=C(Nc1ccc(N(CCCl)CCCl)cc1)Nc1cc(-c2ccc(Cl)cc2)nc2ccccc12. The summed E-state index contributed by atoms with van der Waals surface area (Å²) in [7, 11) is 0. The molecule has 0 bridgehead atoms. The number of carbonyl (C=O) groups excluding carboxylic acids is 1. The van der Waals surface area contributed by atoms with Gasteiger partial charge in [-0.3, -0.25) is 0 Å². The van der Waals surface area contributed by atoms with Gasteiger partial charge in [0.15, 0.2) is 0 Å². The van der Waals surface area contributed by atoms with E-state index in [4.69, 9.17) is 39.8 Å². The van der Waals surface area contributed by atoms with Crippen molar-refractivity contribution < 1.29 is 4.79 Å². The van der Waals surface area contributed by atoms with Gasteiger partial charge in [-0.05, 0) is 48.5 Å². The molecule has 0 fully saturated rings. The summed E-state index contributed by atoms with van der Waals surface area (Å²) in [4.78, 5) is 19.7. The number of amides is 2. The van der Waals surface area contributed by atoms with E-state index in [0.717, 1.165) is 27.8 Å². The van der Waals surface area contributed by atoms with E-state index in [1.165, 1.54) is 0 Å². The van der Waals surface area contributed by atoms with Crippen LogP contribution in [0.3, 0.4) is 0 Å². The Balaban J connectivity index is 1.54. The van der Waals surface area contributed by atoms with E-state index >= 15 is 0 Å². The Bertz CT molecular complexity index is 1260. The number of fused-ring (bicyclic) bond motifs is 1. The minimum absolute atomic E-state index is 0.343. The summed E-state index contributed by atoms with van der Waals surface area (Å²) in [5.74, 6) is 1.02. The molecule has 0 aliphatic heterocycles. The van der Waals surface area contributed by atoms with Gasteiger partial charge in [0.05, 0.1) is 16.9 Å². The molecule has 3 aromatic carbocycles. The second-order valence-electron chi connectivity index (χ2n) is 7.57. The molecule has 174 valence electrons. The highest BCUT2D eigenvalue weighted by Gasteiger charge is 2.11. The van der Waals surface area contributed by atoms with Crippen LogP contribution in [-0.2, 0) is 0 Å². The molecule has 4 aromatic rings. The lowest BCUT2D eigenvalue weighted by molar-refractivity contribution is 0.262. The number of nitrogens with zero attached hydrogens (tertiary/aromatic N) is 2. The molecule has 0 saturated carbocycles. The molecule has 4 rings (SSSR count). The summed E-state index contributed by atoms with van der Waals surface area (Å²) >= 11 is 17.8. The van der Waals surface area contributed by atoms with Gasteiger partial charge < -0.3 is 15.5 Å². The molecule has 1 aromatic heterocycles. The van der Waals surface area contributed by atoms with Crippen LogP contribution >= 0.6 is 34.8 Å². The van der Waals surface area contributed by atoms with Crippen LogP contribution in [0.5, 0.6) is 0 Å². The lowest BCUT2D eigenvalue weighted by Gasteiger charge is -2.23. The van der Waals surface area contributed by atoms with Gasteiger partial charge in [0.25, 0.3) is 0 Å². The van der Waals surface area contributed by atoms with Crippen LogP contribution in [0.15, 0.2) is 78.9 Å². The molecule has 0 saturated heterocycles. The summed E-state index contributed by atoms with van der Waals surface area (Å²) in [6, 6.07) is 24.2. The highest BCUT2D eigenvalue weighted by molar-refractivity contribution is 6.30. The lowest BCUT2D eigenvalue weighted by Crippen LogP contribution is -2.27. The minimum atomic E-state index is -0.343. The topological polar surface area (TPSA) is 57.3 Å². The number of aromatic nitrogens is 1. The number of pyridine rings is 1. The molecule has 5 nitrogen and oxygen atoms in total. The third kappa shape index (κ3) is 5.92. The molecule has 2 amide bonds. The average Bonchev–Trinajstić information content (AvgIpc) is 2.85. The van der Waals surface area contributed by atoms with Gasteiger partial charge in [-0.2, -0.15) is 0 Å². The van der Waals surface area contributed by atoms with Crippen molar-refractivity contribution in [2.45, 2.75) is 0 Å². The van der Waals surface area contributed by atoms with Crippen LogP contribution in [-0.4, -0.2) is 35.9 Å². The van der Waals surface area contributed by atoms with Crippen LogP contribution in [0.4, 0.5) is 21.9 Å². The Hall–Kier alpha value is -2.99. The maximum absolute atomic E-state index is 12.8. The smallest absolute Gasteiger partial charge is 0.323 e. The summed E-state index contributed by atoms with van der Waals surface area (Å²) in [5.41, 5.74) is 4.78. The van der Waals surface area contributed by atoms with Crippen molar-refractivity contribution in [1.82, 2.24) is 4.98 Å². The van der Waals surface area contributed by atoms with Crippen molar-refractivity contribution in [3.8, 4) is 11.3 Å². The van der Waals surface area contributed by atoms with Crippen molar-refractivity contribution in [1.29, 1.82) is 0 Å². The Labute approximate surface area is 213 Å². The zero-order chi connectivity index (χ0) is 23.9. The number of anilines is 3. The number of alkyl halides is 2. The molecule has 0 aliphatic rings.